The molecule has 0 amide bonds. The van der Waals surface area contributed by atoms with Crippen LogP contribution in [0.5, 0.6) is 0 Å². The van der Waals surface area contributed by atoms with E-state index < -0.39 is 0 Å². The van der Waals surface area contributed by atoms with E-state index in [0.29, 0.717) is 5.15 Å². The highest BCUT2D eigenvalue weighted by Gasteiger charge is 2.01. The molecule has 0 aliphatic rings. The van der Waals surface area contributed by atoms with Gasteiger partial charge in [-0.1, -0.05) is 16.8 Å². The van der Waals surface area contributed by atoms with Crippen molar-refractivity contribution in [2.45, 2.75) is 20.4 Å². The van der Waals surface area contributed by atoms with Crippen molar-refractivity contribution < 1.29 is 0 Å². The van der Waals surface area contributed by atoms with Gasteiger partial charge < -0.3 is 0 Å². The smallest absolute Gasteiger partial charge is 0.150 e. The lowest BCUT2D eigenvalue weighted by Crippen LogP contribution is -1.95. The van der Waals surface area contributed by atoms with E-state index in [1.54, 1.807) is 4.68 Å². The Hall–Kier alpha value is -0.570. The molecule has 1 aromatic heterocycles. The maximum atomic E-state index is 5.75. The molecule has 1 aromatic rings. The number of rotatable bonds is 1. The van der Waals surface area contributed by atoms with E-state index in [4.69, 9.17) is 11.6 Å². The van der Waals surface area contributed by atoms with Crippen LogP contribution in [0.4, 0.5) is 0 Å². The van der Waals surface area contributed by atoms with E-state index in [9.17, 15) is 0 Å². The highest BCUT2D eigenvalue weighted by molar-refractivity contribution is 6.30. The summed E-state index contributed by atoms with van der Waals surface area (Å²) in [4.78, 5) is 0. The van der Waals surface area contributed by atoms with Crippen molar-refractivity contribution in [2.24, 2.45) is 0 Å². The van der Waals surface area contributed by atoms with E-state index in [-0.39, 0.29) is 0 Å². The summed E-state index contributed by atoms with van der Waals surface area (Å²) in [7, 11) is 0. The Morgan fingerprint density at radius 2 is 2.33 bits per heavy atom. The van der Waals surface area contributed by atoms with Gasteiger partial charge in [0.1, 0.15) is 5.15 Å². The average Bonchev–Trinajstić information content (AvgIpc) is 2.15. The number of halogens is 1. The van der Waals surface area contributed by atoms with Crippen molar-refractivity contribution in [1.82, 2.24) is 15.0 Å². The Kier molecular flexibility index (Phi) is 1.71. The molecule has 0 fully saturated rings. The molecule has 3 nitrogen and oxygen atoms in total. The van der Waals surface area contributed by atoms with Crippen LogP contribution in [-0.4, -0.2) is 15.0 Å². The molecule has 0 spiro atoms. The standard InChI is InChI=1S/C5H8ClN3/c1-3-9-5(6)4(2)7-8-9/h3H2,1-2H3. The molecule has 0 radical (unpaired) electrons. The largest absolute Gasteiger partial charge is 0.234 e. The van der Waals surface area contributed by atoms with E-state index in [1.165, 1.54) is 0 Å². The van der Waals surface area contributed by atoms with Crippen LogP contribution in [0.3, 0.4) is 0 Å². The second-order valence-corrected chi connectivity index (χ2v) is 2.14. The quantitative estimate of drug-likeness (QED) is 0.596. The fourth-order valence-electron chi connectivity index (χ4n) is 0.590. The van der Waals surface area contributed by atoms with Gasteiger partial charge in [-0.15, -0.1) is 5.10 Å². The van der Waals surface area contributed by atoms with Crippen LogP contribution < -0.4 is 0 Å². The molecule has 4 heteroatoms. The normalized spacial score (nSPS) is 10.1. The predicted molar refractivity (Wildman–Crippen MR) is 35.4 cm³/mol. The van der Waals surface area contributed by atoms with Crippen LogP contribution in [0.15, 0.2) is 0 Å². The SMILES string of the molecule is CCn1nnc(C)c1Cl. The second-order valence-electron chi connectivity index (χ2n) is 1.78. The van der Waals surface area contributed by atoms with E-state index in [0.717, 1.165) is 12.2 Å². The lowest BCUT2D eigenvalue weighted by molar-refractivity contribution is 0.627. The molecule has 9 heavy (non-hydrogen) atoms. The molecular weight excluding hydrogens is 138 g/mol. The molecule has 0 aliphatic carbocycles. The van der Waals surface area contributed by atoms with Gasteiger partial charge in [-0.05, 0) is 13.8 Å². The predicted octanol–water partition coefficient (Wildman–Crippen LogP) is 1.26. The Labute approximate surface area is 58.6 Å². The zero-order valence-electron chi connectivity index (χ0n) is 5.43. The molecule has 0 aliphatic heterocycles. The Morgan fingerprint density at radius 1 is 1.67 bits per heavy atom. The average molecular weight is 146 g/mol. The number of aryl methyl sites for hydroxylation is 2. The van der Waals surface area contributed by atoms with Crippen LogP contribution in [-0.2, 0) is 6.54 Å². The zero-order valence-corrected chi connectivity index (χ0v) is 6.18. The molecule has 1 rings (SSSR count). The fraction of sp³-hybridized carbons (Fsp3) is 0.600. The van der Waals surface area contributed by atoms with Gasteiger partial charge >= 0.3 is 0 Å². The van der Waals surface area contributed by atoms with Crippen molar-refractivity contribution in [1.29, 1.82) is 0 Å². The maximum absolute atomic E-state index is 5.75. The number of aromatic nitrogens is 3. The van der Waals surface area contributed by atoms with Crippen molar-refractivity contribution in [3.8, 4) is 0 Å². The molecule has 0 N–H and O–H groups in total. The molecular formula is C5H8ClN3. The second kappa shape index (κ2) is 2.35. The monoisotopic (exact) mass is 145 g/mol. The van der Waals surface area contributed by atoms with Gasteiger partial charge in [0.05, 0.1) is 5.69 Å². The minimum Gasteiger partial charge on any atom is -0.234 e. The summed E-state index contributed by atoms with van der Waals surface area (Å²) in [6, 6.07) is 0. The van der Waals surface area contributed by atoms with Gasteiger partial charge in [-0.25, -0.2) is 4.68 Å². The van der Waals surface area contributed by atoms with Gasteiger partial charge in [0.2, 0.25) is 0 Å². The van der Waals surface area contributed by atoms with Gasteiger partial charge in [0.25, 0.3) is 0 Å². The highest BCUT2D eigenvalue weighted by Crippen LogP contribution is 2.09. The van der Waals surface area contributed by atoms with E-state index in [1.807, 2.05) is 13.8 Å². The Balaban J connectivity index is 3.04. The third kappa shape index (κ3) is 1.05. The van der Waals surface area contributed by atoms with Gasteiger partial charge in [-0.3, -0.25) is 0 Å². The Morgan fingerprint density at radius 3 is 2.56 bits per heavy atom. The summed E-state index contributed by atoms with van der Waals surface area (Å²) in [5, 5.41) is 8.17. The summed E-state index contributed by atoms with van der Waals surface area (Å²) in [5.41, 5.74) is 0.790. The topological polar surface area (TPSA) is 30.7 Å². The summed E-state index contributed by atoms with van der Waals surface area (Å²) in [6.45, 7) is 4.58. The summed E-state index contributed by atoms with van der Waals surface area (Å²) in [6.07, 6.45) is 0. The van der Waals surface area contributed by atoms with Crippen molar-refractivity contribution in [3.63, 3.8) is 0 Å². The molecule has 0 saturated heterocycles. The van der Waals surface area contributed by atoms with E-state index in [2.05, 4.69) is 10.3 Å². The molecule has 1 heterocycles. The van der Waals surface area contributed by atoms with Crippen LogP contribution >= 0.6 is 11.6 Å². The zero-order chi connectivity index (χ0) is 6.85. The van der Waals surface area contributed by atoms with Gasteiger partial charge in [-0.2, -0.15) is 0 Å². The minimum absolute atomic E-state index is 0.637. The third-order valence-electron chi connectivity index (χ3n) is 1.13. The van der Waals surface area contributed by atoms with Crippen LogP contribution in [0.2, 0.25) is 5.15 Å². The first-order valence-corrected chi connectivity index (χ1v) is 3.19. The van der Waals surface area contributed by atoms with Crippen LogP contribution in [0, 0.1) is 6.92 Å². The molecule has 0 atom stereocenters. The lowest BCUT2D eigenvalue weighted by atomic mass is 10.5. The van der Waals surface area contributed by atoms with Crippen molar-refractivity contribution in [3.05, 3.63) is 10.8 Å². The summed E-state index contributed by atoms with van der Waals surface area (Å²) >= 11 is 5.75. The Bertz CT molecular complexity index is 206. The highest BCUT2D eigenvalue weighted by atomic mass is 35.5. The minimum atomic E-state index is 0.637. The van der Waals surface area contributed by atoms with Crippen molar-refractivity contribution >= 4 is 11.6 Å². The first kappa shape index (κ1) is 6.55. The molecule has 0 bridgehead atoms. The first-order valence-electron chi connectivity index (χ1n) is 2.81. The van der Waals surface area contributed by atoms with Crippen molar-refractivity contribution in [2.75, 3.05) is 0 Å². The molecule has 50 valence electrons. The summed E-state index contributed by atoms with van der Waals surface area (Å²) in [5.74, 6) is 0. The molecule has 0 aromatic carbocycles. The van der Waals surface area contributed by atoms with Gasteiger partial charge in [0.15, 0.2) is 0 Å². The number of hydrogen-bond acceptors (Lipinski definition) is 2. The lowest BCUT2D eigenvalue weighted by Gasteiger charge is -1.91. The maximum Gasteiger partial charge on any atom is 0.150 e. The number of nitrogens with zero attached hydrogens (tertiary/aromatic N) is 3. The third-order valence-corrected chi connectivity index (χ3v) is 1.60. The first-order chi connectivity index (χ1) is 4.25. The van der Waals surface area contributed by atoms with Gasteiger partial charge in [0, 0.05) is 6.54 Å². The van der Waals surface area contributed by atoms with E-state index >= 15 is 0 Å². The molecule has 0 unspecified atom stereocenters. The fourth-order valence-corrected chi connectivity index (χ4v) is 0.782. The number of hydrogen-bond donors (Lipinski definition) is 0. The molecule has 0 saturated carbocycles. The van der Waals surface area contributed by atoms with Crippen LogP contribution in [0.25, 0.3) is 0 Å². The van der Waals surface area contributed by atoms with Crippen LogP contribution in [0.1, 0.15) is 12.6 Å². The summed E-state index contributed by atoms with van der Waals surface area (Å²) < 4.78 is 1.65.